The first-order chi connectivity index (χ1) is 15.7. The Labute approximate surface area is 205 Å². The number of carbonyl (C=O) groups is 2. The summed E-state index contributed by atoms with van der Waals surface area (Å²) in [6.07, 6.45) is 2.03. The monoisotopic (exact) mass is 467 g/mol. The molecule has 5 nitrogen and oxygen atoms in total. The van der Waals surface area contributed by atoms with Gasteiger partial charge >= 0.3 is 11.9 Å². The Morgan fingerprint density at radius 3 is 2.00 bits per heavy atom. The van der Waals surface area contributed by atoms with E-state index in [-0.39, 0.29) is 5.97 Å². The van der Waals surface area contributed by atoms with Crippen LogP contribution in [-0.2, 0) is 28.7 Å². The van der Waals surface area contributed by atoms with Crippen LogP contribution < -0.4 is 0 Å². The van der Waals surface area contributed by atoms with Gasteiger partial charge in [-0.2, -0.15) is 0 Å². The first-order valence-corrected chi connectivity index (χ1v) is 12.2. The summed E-state index contributed by atoms with van der Waals surface area (Å²) in [5.41, 5.74) is 2.39. The summed E-state index contributed by atoms with van der Waals surface area (Å²) in [7, 11) is 0. The predicted molar refractivity (Wildman–Crippen MR) is 136 cm³/mol. The normalized spacial score (nSPS) is 12.2. The molecule has 1 heterocycles. The van der Waals surface area contributed by atoms with Crippen molar-refractivity contribution in [1.82, 2.24) is 4.98 Å². The van der Waals surface area contributed by atoms with Crippen LogP contribution in [0.15, 0.2) is 36.4 Å². The molecule has 1 aromatic carbocycles. The van der Waals surface area contributed by atoms with Gasteiger partial charge in [-0.1, -0.05) is 52.0 Å². The van der Waals surface area contributed by atoms with Crippen LogP contribution >= 0.6 is 0 Å². The number of hydrogen-bond donors (Lipinski definition) is 0. The molecule has 186 valence electrons. The molecule has 0 spiro atoms. The van der Waals surface area contributed by atoms with Gasteiger partial charge in [0.25, 0.3) is 0 Å². The molecule has 0 saturated carbocycles. The van der Waals surface area contributed by atoms with Gasteiger partial charge in [-0.15, -0.1) is 0 Å². The fraction of sp³-hybridized carbons (Fsp3) is 0.552. The Balaban J connectivity index is 2.27. The second-order valence-corrected chi connectivity index (χ2v) is 11.5. The lowest BCUT2D eigenvalue weighted by molar-refractivity contribution is -0.000975. The summed E-state index contributed by atoms with van der Waals surface area (Å²) in [4.78, 5) is 30.3. The van der Waals surface area contributed by atoms with E-state index in [1.54, 1.807) is 6.07 Å². The van der Waals surface area contributed by atoms with E-state index in [1.807, 2.05) is 65.0 Å². The van der Waals surface area contributed by atoms with Gasteiger partial charge in [0.1, 0.15) is 16.9 Å². The van der Waals surface area contributed by atoms with Crippen molar-refractivity contribution in [2.45, 2.75) is 92.8 Å². The smallest absolute Gasteiger partial charge is 0.357 e. The van der Waals surface area contributed by atoms with Crippen molar-refractivity contribution in [2.24, 2.45) is 11.8 Å². The number of benzene rings is 1. The van der Waals surface area contributed by atoms with Gasteiger partial charge in [-0.05, 0) is 82.6 Å². The largest absolute Gasteiger partial charge is 0.456 e. The van der Waals surface area contributed by atoms with Crippen LogP contribution in [0, 0.1) is 11.8 Å². The minimum atomic E-state index is -0.747. The van der Waals surface area contributed by atoms with Crippen LogP contribution in [0.3, 0.4) is 0 Å². The Morgan fingerprint density at radius 2 is 1.41 bits per heavy atom. The second-order valence-electron chi connectivity index (χ2n) is 11.5. The average molecular weight is 468 g/mol. The molecule has 2 rings (SSSR count). The highest BCUT2D eigenvalue weighted by atomic mass is 16.6. The first-order valence-electron chi connectivity index (χ1n) is 12.2. The van der Waals surface area contributed by atoms with E-state index < -0.39 is 17.2 Å². The zero-order valence-corrected chi connectivity index (χ0v) is 22.3. The van der Waals surface area contributed by atoms with Gasteiger partial charge in [0.15, 0.2) is 0 Å². The molecule has 0 atom stereocenters. The molecule has 0 bridgehead atoms. The Hall–Kier alpha value is -2.69. The molecule has 0 amide bonds. The third-order valence-electron chi connectivity index (χ3n) is 5.13. The zero-order valence-electron chi connectivity index (χ0n) is 22.3. The van der Waals surface area contributed by atoms with E-state index in [0.717, 1.165) is 23.2 Å². The van der Waals surface area contributed by atoms with Crippen LogP contribution in [0.25, 0.3) is 0 Å². The first kappa shape index (κ1) is 27.6. The summed E-state index contributed by atoms with van der Waals surface area (Å²) < 4.78 is 11.5. The van der Waals surface area contributed by atoms with Crippen molar-refractivity contribution in [1.29, 1.82) is 0 Å². The van der Waals surface area contributed by atoms with Crippen molar-refractivity contribution in [2.75, 3.05) is 0 Å². The van der Waals surface area contributed by atoms with E-state index in [4.69, 9.17) is 9.47 Å². The van der Waals surface area contributed by atoms with E-state index in [1.165, 1.54) is 0 Å². The maximum Gasteiger partial charge on any atom is 0.357 e. The third-order valence-corrected chi connectivity index (χ3v) is 5.13. The molecule has 0 unspecified atom stereocenters. The Bertz CT molecular complexity index is 999. The van der Waals surface area contributed by atoms with Gasteiger partial charge in [0.2, 0.25) is 0 Å². The average Bonchev–Trinajstić information content (AvgIpc) is 2.66. The highest BCUT2D eigenvalue weighted by molar-refractivity contribution is 5.91. The number of ether oxygens (including phenoxy) is 2. The second kappa shape index (κ2) is 11.2. The van der Waals surface area contributed by atoms with Gasteiger partial charge < -0.3 is 9.47 Å². The van der Waals surface area contributed by atoms with Gasteiger partial charge in [-0.3, -0.25) is 0 Å². The number of aromatic nitrogens is 1. The molecule has 0 radical (unpaired) electrons. The number of carbonyl (C=O) groups excluding carboxylic acids is 2. The van der Waals surface area contributed by atoms with Crippen LogP contribution in [-0.4, -0.2) is 28.1 Å². The molecular formula is C29H41NO4. The SMILES string of the molecule is CC(C)Cc1ccccc1C(=O)OC(C)(C)Cc1ccc(C(=O)OC(C)(C)C)nc1CC(C)C. The fourth-order valence-electron chi connectivity index (χ4n) is 3.84. The number of pyridine rings is 1. The Morgan fingerprint density at radius 1 is 0.794 bits per heavy atom. The van der Waals surface area contributed by atoms with Crippen molar-refractivity contribution < 1.29 is 19.1 Å². The predicted octanol–water partition coefficient (Wildman–Crippen LogP) is 6.61. The minimum absolute atomic E-state index is 0.298. The van der Waals surface area contributed by atoms with Crippen molar-refractivity contribution >= 4 is 11.9 Å². The molecule has 0 aliphatic rings. The summed E-state index contributed by atoms with van der Waals surface area (Å²) in [6.45, 7) is 17.8. The topological polar surface area (TPSA) is 65.5 Å². The van der Waals surface area contributed by atoms with E-state index >= 15 is 0 Å². The van der Waals surface area contributed by atoms with Crippen LogP contribution in [0.1, 0.15) is 100.0 Å². The summed E-state index contributed by atoms with van der Waals surface area (Å²) in [5.74, 6) is 0.0466. The molecule has 34 heavy (non-hydrogen) atoms. The molecule has 0 N–H and O–H groups in total. The highest BCUT2D eigenvalue weighted by Gasteiger charge is 2.28. The molecular weight excluding hydrogens is 426 g/mol. The highest BCUT2D eigenvalue weighted by Crippen LogP contribution is 2.25. The molecule has 0 aliphatic carbocycles. The fourth-order valence-corrected chi connectivity index (χ4v) is 3.84. The minimum Gasteiger partial charge on any atom is -0.456 e. The van der Waals surface area contributed by atoms with Crippen molar-refractivity contribution in [3.8, 4) is 0 Å². The van der Waals surface area contributed by atoms with Crippen LogP contribution in [0.2, 0.25) is 0 Å². The molecule has 0 aliphatic heterocycles. The molecule has 1 aromatic heterocycles. The van der Waals surface area contributed by atoms with Crippen LogP contribution in [0.5, 0.6) is 0 Å². The number of rotatable bonds is 9. The zero-order chi connectivity index (χ0) is 25.7. The third kappa shape index (κ3) is 8.58. The van der Waals surface area contributed by atoms with Crippen molar-refractivity contribution in [3.63, 3.8) is 0 Å². The lowest BCUT2D eigenvalue weighted by Crippen LogP contribution is -2.32. The van der Waals surface area contributed by atoms with Gasteiger partial charge in [0, 0.05) is 12.1 Å². The lowest BCUT2D eigenvalue weighted by atomic mass is 9.93. The van der Waals surface area contributed by atoms with Crippen LogP contribution in [0.4, 0.5) is 0 Å². The van der Waals surface area contributed by atoms with Gasteiger partial charge in [0.05, 0.1) is 5.56 Å². The number of nitrogens with zero attached hydrogens (tertiary/aromatic N) is 1. The standard InChI is InChI=1S/C29H41NO4/c1-19(2)16-21-12-10-11-13-23(21)26(31)34-29(8,9)18-22-14-15-24(27(32)33-28(5,6)7)30-25(22)17-20(3)4/h10-15,19-20H,16-18H2,1-9H3. The summed E-state index contributed by atoms with van der Waals surface area (Å²) in [6, 6.07) is 11.2. The molecule has 5 heteroatoms. The maximum absolute atomic E-state index is 13.1. The van der Waals surface area contributed by atoms with E-state index in [0.29, 0.717) is 35.9 Å². The number of esters is 2. The summed E-state index contributed by atoms with van der Waals surface area (Å²) in [5, 5.41) is 0. The molecule has 2 aromatic rings. The van der Waals surface area contributed by atoms with E-state index in [2.05, 4.69) is 32.7 Å². The quantitative estimate of drug-likeness (QED) is 0.388. The van der Waals surface area contributed by atoms with Gasteiger partial charge in [-0.25, -0.2) is 14.6 Å². The summed E-state index contributed by atoms with van der Waals surface area (Å²) >= 11 is 0. The van der Waals surface area contributed by atoms with E-state index in [9.17, 15) is 9.59 Å². The van der Waals surface area contributed by atoms with Crippen molar-refractivity contribution in [3.05, 3.63) is 64.5 Å². The Kier molecular flexibility index (Phi) is 9.04. The maximum atomic E-state index is 13.1. The lowest BCUT2D eigenvalue weighted by Gasteiger charge is -2.27. The number of hydrogen-bond acceptors (Lipinski definition) is 5. The molecule has 0 saturated heterocycles. The molecule has 0 fully saturated rings.